The number of nitrogens with zero attached hydrogens (tertiary/aromatic N) is 1. The second-order valence-corrected chi connectivity index (χ2v) is 8.27. The fourth-order valence-electron chi connectivity index (χ4n) is 5.50. The van der Waals surface area contributed by atoms with E-state index < -0.39 is 0 Å². The molecule has 2 aliphatic carbocycles. The second kappa shape index (κ2) is 7.46. The van der Waals surface area contributed by atoms with Crippen molar-refractivity contribution in [3.8, 4) is 0 Å². The van der Waals surface area contributed by atoms with Crippen LogP contribution in [0.3, 0.4) is 0 Å². The Bertz CT molecular complexity index is 297. The van der Waals surface area contributed by atoms with Crippen LogP contribution in [0.4, 0.5) is 0 Å². The summed E-state index contributed by atoms with van der Waals surface area (Å²) in [5.41, 5.74) is 0.399. The Morgan fingerprint density at radius 3 is 2.05 bits per heavy atom. The van der Waals surface area contributed by atoms with Gasteiger partial charge in [-0.3, -0.25) is 0 Å². The molecule has 0 bridgehead atoms. The van der Waals surface area contributed by atoms with E-state index in [2.05, 4.69) is 45.1 Å². The Hall–Kier alpha value is -0.0800. The monoisotopic (exact) mass is 294 g/mol. The minimum atomic E-state index is 0.399. The van der Waals surface area contributed by atoms with Crippen molar-refractivity contribution in [1.29, 1.82) is 0 Å². The first kappa shape index (κ1) is 17.3. The Balaban J connectivity index is 2.22. The number of hydrogen-bond acceptors (Lipinski definition) is 2. The van der Waals surface area contributed by atoms with Gasteiger partial charge in [0.25, 0.3) is 0 Å². The Labute approximate surface area is 133 Å². The van der Waals surface area contributed by atoms with Crippen LogP contribution in [0.2, 0.25) is 0 Å². The lowest BCUT2D eigenvalue weighted by Gasteiger charge is -2.53. The first-order valence-corrected chi connectivity index (χ1v) is 9.40. The van der Waals surface area contributed by atoms with Gasteiger partial charge in [0, 0.05) is 11.6 Å². The minimum absolute atomic E-state index is 0.399. The van der Waals surface area contributed by atoms with Gasteiger partial charge in [0.1, 0.15) is 0 Å². The van der Waals surface area contributed by atoms with Gasteiger partial charge < -0.3 is 10.2 Å². The van der Waals surface area contributed by atoms with Crippen molar-refractivity contribution in [2.75, 3.05) is 20.6 Å². The first-order valence-electron chi connectivity index (χ1n) is 9.40. The lowest BCUT2D eigenvalue weighted by atomic mass is 9.65. The molecule has 124 valence electrons. The van der Waals surface area contributed by atoms with E-state index in [-0.39, 0.29) is 0 Å². The minimum Gasteiger partial charge on any atom is -0.312 e. The Kier molecular flexibility index (Phi) is 6.14. The number of nitrogens with one attached hydrogen (secondary N) is 1. The molecule has 3 atom stereocenters. The molecular formula is C19H38N2. The van der Waals surface area contributed by atoms with Gasteiger partial charge in [-0.25, -0.2) is 0 Å². The summed E-state index contributed by atoms with van der Waals surface area (Å²) < 4.78 is 0. The van der Waals surface area contributed by atoms with E-state index in [1.54, 1.807) is 0 Å². The predicted octanol–water partition coefficient (Wildman–Crippen LogP) is 4.30. The summed E-state index contributed by atoms with van der Waals surface area (Å²) in [7, 11) is 4.65. The van der Waals surface area contributed by atoms with Crippen LogP contribution in [-0.2, 0) is 0 Å². The highest BCUT2D eigenvalue weighted by atomic mass is 15.2. The van der Waals surface area contributed by atoms with Crippen molar-refractivity contribution in [2.24, 2.45) is 17.8 Å². The maximum absolute atomic E-state index is 3.94. The topological polar surface area (TPSA) is 15.3 Å². The highest BCUT2D eigenvalue weighted by molar-refractivity contribution is 5.04. The van der Waals surface area contributed by atoms with E-state index in [1.807, 2.05) is 0 Å². The van der Waals surface area contributed by atoms with E-state index in [1.165, 1.54) is 51.4 Å². The van der Waals surface area contributed by atoms with Gasteiger partial charge >= 0.3 is 0 Å². The lowest BCUT2D eigenvalue weighted by Crippen LogP contribution is -2.63. The van der Waals surface area contributed by atoms with Crippen LogP contribution in [-0.4, -0.2) is 37.1 Å². The summed E-state index contributed by atoms with van der Waals surface area (Å²) in [5.74, 6) is 2.68. The van der Waals surface area contributed by atoms with Crippen molar-refractivity contribution in [2.45, 2.75) is 83.7 Å². The lowest BCUT2D eigenvalue weighted by molar-refractivity contribution is 0.0133. The van der Waals surface area contributed by atoms with Gasteiger partial charge in [0.05, 0.1) is 0 Å². The molecule has 1 N–H and O–H groups in total. The second-order valence-electron chi connectivity index (χ2n) is 8.27. The molecule has 2 nitrogen and oxygen atoms in total. The molecule has 0 radical (unpaired) electrons. The third-order valence-electron chi connectivity index (χ3n) is 6.30. The van der Waals surface area contributed by atoms with Crippen LogP contribution < -0.4 is 5.32 Å². The molecule has 3 unspecified atom stereocenters. The molecule has 0 amide bonds. The van der Waals surface area contributed by atoms with E-state index in [9.17, 15) is 0 Å². The van der Waals surface area contributed by atoms with Crippen LogP contribution in [0.5, 0.6) is 0 Å². The summed E-state index contributed by atoms with van der Waals surface area (Å²) in [6, 6.07) is 0.683. The first-order chi connectivity index (χ1) is 9.99. The van der Waals surface area contributed by atoms with Gasteiger partial charge in [-0.1, -0.05) is 40.0 Å². The van der Waals surface area contributed by atoms with Gasteiger partial charge in [0.15, 0.2) is 0 Å². The molecule has 2 rings (SSSR count). The van der Waals surface area contributed by atoms with Crippen LogP contribution >= 0.6 is 0 Å². The van der Waals surface area contributed by atoms with Gasteiger partial charge in [0.2, 0.25) is 0 Å². The third-order valence-corrected chi connectivity index (χ3v) is 6.30. The highest BCUT2D eigenvalue weighted by Crippen LogP contribution is 2.43. The molecule has 2 saturated carbocycles. The maximum Gasteiger partial charge on any atom is 0.0359 e. The smallest absolute Gasteiger partial charge is 0.0359 e. The van der Waals surface area contributed by atoms with E-state index in [0.717, 1.165) is 24.3 Å². The van der Waals surface area contributed by atoms with Crippen LogP contribution in [0, 0.1) is 17.8 Å². The SMILES string of the molecule is CCNC(C1CC(C)CC(C)C1)C1(N(C)C)CCCCC1. The third kappa shape index (κ3) is 3.82. The molecule has 0 spiro atoms. The molecule has 0 aromatic carbocycles. The average Bonchev–Trinajstić information content (AvgIpc) is 2.44. The molecule has 0 aromatic heterocycles. The molecule has 2 aliphatic rings. The summed E-state index contributed by atoms with van der Waals surface area (Å²) in [5, 5.41) is 3.94. The van der Waals surface area contributed by atoms with E-state index in [4.69, 9.17) is 0 Å². The van der Waals surface area contributed by atoms with Gasteiger partial charge in [-0.05, 0) is 70.5 Å². The van der Waals surface area contributed by atoms with Crippen molar-refractivity contribution >= 4 is 0 Å². The maximum atomic E-state index is 3.94. The molecular weight excluding hydrogens is 256 g/mol. The zero-order valence-corrected chi connectivity index (χ0v) is 15.1. The molecule has 2 heteroatoms. The molecule has 21 heavy (non-hydrogen) atoms. The quantitative estimate of drug-likeness (QED) is 0.813. The Morgan fingerprint density at radius 2 is 1.57 bits per heavy atom. The Morgan fingerprint density at radius 1 is 1.00 bits per heavy atom. The summed E-state index contributed by atoms with van der Waals surface area (Å²) in [6.07, 6.45) is 11.3. The van der Waals surface area contributed by atoms with Crippen molar-refractivity contribution in [3.63, 3.8) is 0 Å². The molecule has 0 aromatic rings. The zero-order valence-electron chi connectivity index (χ0n) is 15.1. The van der Waals surface area contributed by atoms with Crippen molar-refractivity contribution < 1.29 is 0 Å². The van der Waals surface area contributed by atoms with E-state index in [0.29, 0.717) is 11.6 Å². The van der Waals surface area contributed by atoms with Crippen molar-refractivity contribution in [3.05, 3.63) is 0 Å². The van der Waals surface area contributed by atoms with Crippen LogP contribution in [0.25, 0.3) is 0 Å². The van der Waals surface area contributed by atoms with Gasteiger partial charge in [-0.15, -0.1) is 0 Å². The summed E-state index contributed by atoms with van der Waals surface area (Å²) in [6.45, 7) is 8.33. The normalized spacial score (nSPS) is 34.9. The van der Waals surface area contributed by atoms with E-state index >= 15 is 0 Å². The molecule has 0 aliphatic heterocycles. The molecule has 2 fully saturated rings. The van der Waals surface area contributed by atoms with Crippen LogP contribution in [0.15, 0.2) is 0 Å². The summed E-state index contributed by atoms with van der Waals surface area (Å²) >= 11 is 0. The highest BCUT2D eigenvalue weighted by Gasteiger charge is 2.46. The summed E-state index contributed by atoms with van der Waals surface area (Å²) in [4.78, 5) is 2.57. The standard InChI is InChI=1S/C19H38N2/c1-6-20-18(17-13-15(2)12-16(3)14-17)19(21(4)5)10-8-7-9-11-19/h15-18,20H,6-14H2,1-5H3. The van der Waals surface area contributed by atoms with Crippen LogP contribution in [0.1, 0.15) is 72.1 Å². The molecule has 0 saturated heterocycles. The fraction of sp³-hybridized carbons (Fsp3) is 1.00. The van der Waals surface area contributed by atoms with Gasteiger partial charge in [-0.2, -0.15) is 0 Å². The number of rotatable bonds is 5. The zero-order chi connectivity index (χ0) is 15.5. The predicted molar refractivity (Wildman–Crippen MR) is 92.6 cm³/mol. The van der Waals surface area contributed by atoms with Crippen molar-refractivity contribution in [1.82, 2.24) is 10.2 Å². The fourth-order valence-corrected chi connectivity index (χ4v) is 5.50. The average molecular weight is 295 g/mol. The largest absolute Gasteiger partial charge is 0.312 e. The molecule has 0 heterocycles. The number of likely N-dealkylation sites (N-methyl/N-ethyl adjacent to an activating group) is 2. The number of hydrogen-bond donors (Lipinski definition) is 1.